The highest BCUT2D eigenvalue weighted by Gasteiger charge is 2.09. The molecule has 0 aliphatic heterocycles. The van der Waals surface area contributed by atoms with Crippen molar-refractivity contribution in [3.8, 4) is 5.75 Å². The van der Waals surface area contributed by atoms with Crippen LogP contribution in [0.4, 0.5) is 5.69 Å². The molecule has 0 fully saturated rings. The van der Waals surface area contributed by atoms with Gasteiger partial charge in [0, 0.05) is 35.9 Å². The number of likely N-dealkylation sites (N-methyl/N-ethyl adjacent to an activating group) is 1. The third-order valence-electron chi connectivity index (χ3n) is 4.53. The lowest BCUT2D eigenvalue weighted by Gasteiger charge is -2.18. The van der Waals surface area contributed by atoms with Gasteiger partial charge in [-0.15, -0.1) is 0 Å². The average molecular weight is 404 g/mol. The van der Waals surface area contributed by atoms with E-state index >= 15 is 0 Å². The number of nitrogens with one attached hydrogen (secondary N) is 2. The van der Waals surface area contributed by atoms with E-state index in [-0.39, 0.29) is 12.5 Å². The summed E-state index contributed by atoms with van der Waals surface area (Å²) < 4.78 is 5.75. The Hall–Kier alpha value is -2.08. The fraction of sp³-hybridized carbons (Fsp3) is 0.409. The van der Waals surface area contributed by atoms with E-state index in [0.717, 1.165) is 43.0 Å². The Morgan fingerprint density at radius 3 is 2.50 bits per heavy atom. The quantitative estimate of drug-likeness (QED) is 0.555. The van der Waals surface area contributed by atoms with Crippen molar-refractivity contribution in [3.05, 3.63) is 58.6 Å². The third kappa shape index (κ3) is 7.50. The van der Waals surface area contributed by atoms with Crippen molar-refractivity contribution in [2.75, 3.05) is 38.1 Å². The molecule has 0 spiro atoms. The molecule has 0 aliphatic rings. The molecule has 0 aliphatic carbocycles. The molecule has 0 atom stereocenters. The predicted molar refractivity (Wildman–Crippen MR) is 116 cm³/mol. The zero-order valence-electron chi connectivity index (χ0n) is 16.9. The Balaban J connectivity index is 1.86. The molecular formula is C22H30ClN3O2. The lowest BCUT2D eigenvalue weighted by Crippen LogP contribution is -2.31. The number of benzene rings is 2. The zero-order chi connectivity index (χ0) is 20.4. The number of hydrogen-bond donors (Lipinski definition) is 2. The van der Waals surface area contributed by atoms with Crippen LogP contribution in [0.25, 0.3) is 0 Å². The summed E-state index contributed by atoms with van der Waals surface area (Å²) in [6, 6.07) is 13.1. The van der Waals surface area contributed by atoms with Gasteiger partial charge < -0.3 is 20.3 Å². The smallest absolute Gasteiger partial charge is 0.262 e. The minimum absolute atomic E-state index is 0.0536. The first-order valence-electron chi connectivity index (χ1n) is 9.72. The van der Waals surface area contributed by atoms with E-state index in [1.807, 2.05) is 43.3 Å². The van der Waals surface area contributed by atoms with E-state index in [1.54, 1.807) is 6.07 Å². The maximum absolute atomic E-state index is 12.2. The number of amides is 1. The molecule has 5 nitrogen and oxygen atoms in total. The van der Waals surface area contributed by atoms with Crippen LogP contribution in [0, 0.1) is 6.92 Å². The highest BCUT2D eigenvalue weighted by molar-refractivity contribution is 6.30. The summed E-state index contributed by atoms with van der Waals surface area (Å²) in [4.78, 5) is 14.5. The van der Waals surface area contributed by atoms with Crippen molar-refractivity contribution >= 4 is 23.2 Å². The van der Waals surface area contributed by atoms with Gasteiger partial charge in [-0.3, -0.25) is 4.79 Å². The van der Waals surface area contributed by atoms with Crippen molar-refractivity contribution in [1.29, 1.82) is 0 Å². The molecule has 2 aromatic carbocycles. The molecule has 2 rings (SSSR count). The van der Waals surface area contributed by atoms with Crippen LogP contribution in [0.1, 0.15) is 25.0 Å². The molecule has 28 heavy (non-hydrogen) atoms. The monoisotopic (exact) mass is 403 g/mol. The summed E-state index contributed by atoms with van der Waals surface area (Å²) in [6.07, 6.45) is 0. The van der Waals surface area contributed by atoms with Gasteiger partial charge in [0.2, 0.25) is 0 Å². The summed E-state index contributed by atoms with van der Waals surface area (Å²) in [6.45, 7) is 10.9. The molecule has 2 aromatic rings. The fourth-order valence-corrected chi connectivity index (χ4v) is 3.00. The van der Waals surface area contributed by atoms with Crippen LogP contribution in [0.3, 0.4) is 0 Å². The molecule has 0 radical (unpaired) electrons. The molecule has 0 heterocycles. The van der Waals surface area contributed by atoms with E-state index in [1.165, 1.54) is 0 Å². The highest BCUT2D eigenvalue weighted by atomic mass is 35.5. The molecule has 0 saturated heterocycles. The average Bonchev–Trinajstić information content (AvgIpc) is 2.69. The maximum Gasteiger partial charge on any atom is 0.262 e. The van der Waals surface area contributed by atoms with Crippen LogP contribution in [-0.2, 0) is 11.3 Å². The van der Waals surface area contributed by atoms with Gasteiger partial charge in [-0.25, -0.2) is 0 Å². The summed E-state index contributed by atoms with van der Waals surface area (Å²) >= 11 is 6.14. The van der Waals surface area contributed by atoms with E-state index < -0.39 is 0 Å². The van der Waals surface area contributed by atoms with Crippen molar-refractivity contribution in [2.24, 2.45) is 0 Å². The summed E-state index contributed by atoms with van der Waals surface area (Å²) in [5, 5.41) is 6.91. The molecule has 0 bridgehead atoms. The first kappa shape index (κ1) is 22.2. The number of carbonyl (C=O) groups excluding carboxylic acids is 1. The van der Waals surface area contributed by atoms with Crippen LogP contribution in [-0.4, -0.2) is 43.6 Å². The van der Waals surface area contributed by atoms with Gasteiger partial charge in [0.1, 0.15) is 5.75 Å². The van der Waals surface area contributed by atoms with Gasteiger partial charge >= 0.3 is 0 Å². The lowest BCUT2D eigenvalue weighted by atomic mass is 10.2. The van der Waals surface area contributed by atoms with Gasteiger partial charge in [-0.05, 0) is 50.3 Å². The number of nitrogens with zero attached hydrogens (tertiary/aromatic N) is 1. The van der Waals surface area contributed by atoms with Crippen molar-refractivity contribution < 1.29 is 9.53 Å². The summed E-state index contributed by atoms with van der Waals surface area (Å²) in [5.41, 5.74) is 2.84. The molecule has 152 valence electrons. The number of ether oxygens (including phenoxy) is 1. The molecule has 6 heteroatoms. The van der Waals surface area contributed by atoms with E-state index in [2.05, 4.69) is 29.4 Å². The van der Waals surface area contributed by atoms with Crippen molar-refractivity contribution in [1.82, 2.24) is 10.2 Å². The van der Waals surface area contributed by atoms with Gasteiger partial charge in [0.15, 0.2) is 6.61 Å². The van der Waals surface area contributed by atoms with Crippen LogP contribution < -0.4 is 15.4 Å². The van der Waals surface area contributed by atoms with Crippen LogP contribution in [0.2, 0.25) is 5.02 Å². The standard InChI is InChI=1S/C22H30ClN3O2/c1-4-26(5-2)13-12-24-15-18-14-19(23)8-11-21(18)28-16-22(27)25-20-9-6-17(3)7-10-20/h6-11,14,24H,4-5,12-13,15-16H2,1-3H3,(H,25,27). The predicted octanol–water partition coefficient (Wildman–Crippen LogP) is 4.10. The first-order valence-corrected chi connectivity index (χ1v) is 10.1. The molecule has 0 unspecified atom stereocenters. The van der Waals surface area contributed by atoms with E-state index in [9.17, 15) is 4.79 Å². The minimum atomic E-state index is -0.195. The van der Waals surface area contributed by atoms with Gasteiger partial charge in [0.05, 0.1) is 0 Å². The number of carbonyl (C=O) groups is 1. The van der Waals surface area contributed by atoms with Gasteiger partial charge in [-0.1, -0.05) is 43.1 Å². The summed E-state index contributed by atoms with van der Waals surface area (Å²) in [5.74, 6) is 0.470. The number of halogens is 1. The summed E-state index contributed by atoms with van der Waals surface area (Å²) in [7, 11) is 0. The maximum atomic E-state index is 12.2. The Kier molecular flexibility index (Phi) is 9.28. The number of aryl methyl sites for hydroxylation is 1. The topological polar surface area (TPSA) is 53.6 Å². The molecule has 0 aromatic heterocycles. The third-order valence-corrected chi connectivity index (χ3v) is 4.77. The molecular weight excluding hydrogens is 374 g/mol. The van der Waals surface area contributed by atoms with Crippen LogP contribution in [0.5, 0.6) is 5.75 Å². The lowest BCUT2D eigenvalue weighted by molar-refractivity contribution is -0.118. The Labute approximate surface area is 173 Å². The van der Waals surface area contributed by atoms with E-state index in [0.29, 0.717) is 17.3 Å². The fourth-order valence-electron chi connectivity index (χ4n) is 2.80. The Morgan fingerprint density at radius 2 is 1.82 bits per heavy atom. The van der Waals surface area contributed by atoms with Crippen molar-refractivity contribution in [2.45, 2.75) is 27.3 Å². The number of hydrogen-bond acceptors (Lipinski definition) is 4. The molecule has 1 amide bonds. The number of rotatable bonds is 11. The number of anilines is 1. The largest absolute Gasteiger partial charge is 0.483 e. The van der Waals surface area contributed by atoms with Gasteiger partial charge in [-0.2, -0.15) is 0 Å². The Morgan fingerprint density at radius 1 is 1.11 bits per heavy atom. The SMILES string of the molecule is CCN(CC)CCNCc1cc(Cl)ccc1OCC(=O)Nc1ccc(C)cc1. The van der Waals surface area contributed by atoms with Gasteiger partial charge in [0.25, 0.3) is 5.91 Å². The molecule has 2 N–H and O–H groups in total. The second kappa shape index (κ2) is 11.7. The Bertz CT molecular complexity index is 746. The van der Waals surface area contributed by atoms with E-state index in [4.69, 9.17) is 16.3 Å². The minimum Gasteiger partial charge on any atom is -0.483 e. The first-order chi connectivity index (χ1) is 13.5. The van der Waals surface area contributed by atoms with Crippen LogP contribution >= 0.6 is 11.6 Å². The second-order valence-electron chi connectivity index (χ2n) is 6.66. The highest BCUT2D eigenvalue weighted by Crippen LogP contribution is 2.23. The molecule has 0 saturated carbocycles. The second-order valence-corrected chi connectivity index (χ2v) is 7.10. The zero-order valence-corrected chi connectivity index (χ0v) is 17.7. The van der Waals surface area contributed by atoms with Crippen LogP contribution in [0.15, 0.2) is 42.5 Å². The normalized spacial score (nSPS) is 10.9. The van der Waals surface area contributed by atoms with Crippen molar-refractivity contribution in [3.63, 3.8) is 0 Å².